The van der Waals surface area contributed by atoms with Gasteiger partial charge in [0.25, 0.3) is 5.91 Å². The molecule has 3 N–H and O–H groups in total. The smallest absolute Gasteiger partial charge is 0.251 e. The molecule has 0 atom stereocenters. The SMILES string of the molecule is C=C/C=C(\C=C/N)C(=O)NC. The van der Waals surface area contributed by atoms with Crippen LogP contribution < -0.4 is 11.1 Å². The zero-order valence-corrected chi connectivity index (χ0v) is 6.50. The van der Waals surface area contributed by atoms with Crippen molar-refractivity contribution in [2.45, 2.75) is 0 Å². The highest BCUT2D eigenvalue weighted by Crippen LogP contribution is 1.95. The Morgan fingerprint density at radius 2 is 2.27 bits per heavy atom. The van der Waals surface area contributed by atoms with Crippen LogP contribution in [0.1, 0.15) is 0 Å². The Morgan fingerprint density at radius 3 is 2.64 bits per heavy atom. The Morgan fingerprint density at radius 1 is 1.64 bits per heavy atom. The number of allylic oxidation sites excluding steroid dienone is 2. The molecule has 0 rings (SSSR count). The zero-order valence-electron chi connectivity index (χ0n) is 6.50. The summed E-state index contributed by atoms with van der Waals surface area (Å²) in [6.45, 7) is 3.47. The Balaban J connectivity index is 4.46. The monoisotopic (exact) mass is 152 g/mol. The predicted molar refractivity (Wildman–Crippen MR) is 45.7 cm³/mol. The number of hydrogen-bond donors (Lipinski definition) is 2. The van der Waals surface area contributed by atoms with Crippen molar-refractivity contribution < 1.29 is 4.79 Å². The van der Waals surface area contributed by atoms with E-state index < -0.39 is 0 Å². The van der Waals surface area contributed by atoms with Gasteiger partial charge in [-0.2, -0.15) is 0 Å². The molecule has 0 fully saturated rings. The van der Waals surface area contributed by atoms with Crippen LogP contribution in [0.4, 0.5) is 0 Å². The number of carbonyl (C=O) groups is 1. The highest BCUT2D eigenvalue weighted by molar-refractivity contribution is 5.96. The van der Waals surface area contributed by atoms with E-state index in [2.05, 4.69) is 11.9 Å². The van der Waals surface area contributed by atoms with Gasteiger partial charge in [-0.1, -0.05) is 12.7 Å². The van der Waals surface area contributed by atoms with Crippen molar-refractivity contribution in [3.05, 3.63) is 36.6 Å². The van der Waals surface area contributed by atoms with E-state index in [9.17, 15) is 4.79 Å². The summed E-state index contributed by atoms with van der Waals surface area (Å²) in [5.41, 5.74) is 5.61. The van der Waals surface area contributed by atoms with Gasteiger partial charge in [-0.25, -0.2) is 0 Å². The minimum atomic E-state index is -0.174. The molecule has 0 aliphatic rings. The Kier molecular flexibility index (Phi) is 4.56. The largest absolute Gasteiger partial charge is 0.405 e. The second kappa shape index (κ2) is 5.29. The molecule has 0 aromatic carbocycles. The number of nitrogens with one attached hydrogen (secondary N) is 1. The van der Waals surface area contributed by atoms with Crippen LogP contribution in [0.15, 0.2) is 36.6 Å². The third-order valence-corrected chi connectivity index (χ3v) is 1.06. The fourth-order valence-electron chi connectivity index (χ4n) is 0.582. The van der Waals surface area contributed by atoms with E-state index in [0.29, 0.717) is 5.57 Å². The van der Waals surface area contributed by atoms with Crippen molar-refractivity contribution in [1.82, 2.24) is 5.32 Å². The minimum absolute atomic E-state index is 0.174. The summed E-state index contributed by atoms with van der Waals surface area (Å²) in [4.78, 5) is 11.0. The number of nitrogens with two attached hydrogens (primary N) is 1. The molecule has 60 valence electrons. The second-order valence-corrected chi connectivity index (χ2v) is 1.80. The number of rotatable bonds is 3. The van der Waals surface area contributed by atoms with Crippen molar-refractivity contribution >= 4 is 5.91 Å². The first-order chi connectivity index (χ1) is 5.26. The topological polar surface area (TPSA) is 55.1 Å². The lowest BCUT2D eigenvalue weighted by atomic mass is 10.2. The quantitative estimate of drug-likeness (QED) is 0.452. The molecule has 0 aromatic rings. The summed E-state index contributed by atoms with van der Waals surface area (Å²) in [5.74, 6) is -0.174. The van der Waals surface area contributed by atoms with Crippen LogP contribution in [0.3, 0.4) is 0 Å². The van der Waals surface area contributed by atoms with Crippen molar-refractivity contribution in [2.24, 2.45) is 5.73 Å². The van der Waals surface area contributed by atoms with Gasteiger partial charge in [0.1, 0.15) is 0 Å². The molecule has 0 unspecified atom stereocenters. The Labute approximate surface area is 66.3 Å². The van der Waals surface area contributed by atoms with E-state index in [1.54, 1.807) is 13.1 Å². The van der Waals surface area contributed by atoms with Crippen LogP contribution in [0.2, 0.25) is 0 Å². The van der Waals surface area contributed by atoms with Crippen LogP contribution in [-0.4, -0.2) is 13.0 Å². The molecule has 0 aromatic heterocycles. The number of amides is 1. The lowest BCUT2D eigenvalue weighted by Crippen LogP contribution is -2.19. The Hall–Kier alpha value is -1.51. The molecular weight excluding hydrogens is 140 g/mol. The molecule has 0 aliphatic heterocycles. The molecule has 0 saturated carbocycles. The average Bonchev–Trinajstić information content (AvgIpc) is 2.03. The number of likely N-dealkylation sites (N-methyl/N-ethyl adjacent to an activating group) is 1. The highest BCUT2D eigenvalue weighted by atomic mass is 16.1. The maximum atomic E-state index is 11.0. The van der Waals surface area contributed by atoms with Crippen LogP contribution in [0, 0.1) is 0 Å². The summed E-state index contributed by atoms with van der Waals surface area (Å²) >= 11 is 0. The number of carbonyl (C=O) groups excluding carboxylic acids is 1. The van der Waals surface area contributed by atoms with Crippen LogP contribution >= 0.6 is 0 Å². The van der Waals surface area contributed by atoms with Gasteiger partial charge in [0, 0.05) is 12.6 Å². The van der Waals surface area contributed by atoms with E-state index in [1.165, 1.54) is 18.4 Å². The van der Waals surface area contributed by atoms with Gasteiger partial charge in [-0.15, -0.1) is 0 Å². The van der Waals surface area contributed by atoms with Crippen molar-refractivity contribution in [3.63, 3.8) is 0 Å². The minimum Gasteiger partial charge on any atom is -0.405 e. The third-order valence-electron chi connectivity index (χ3n) is 1.06. The molecule has 1 amide bonds. The first kappa shape index (κ1) is 9.49. The fourth-order valence-corrected chi connectivity index (χ4v) is 0.582. The van der Waals surface area contributed by atoms with E-state index in [0.717, 1.165) is 0 Å². The zero-order chi connectivity index (χ0) is 8.69. The summed E-state index contributed by atoms with van der Waals surface area (Å²) in [6.07, 6.45) is 5.94. The maximum Gasteiger partial charge on any atom is 0.251 e. The molecule has 0 radical (unpaired) electrons. The fraction of sp³-hybridized carbons (Fsp3) is 0.125. The van der Waals surface area contributed by atoms with Crippen LogP contribution in [0.25, 0.3) is 0 Å². The van der Waals surface area contributed by atoms with E-state index in [1.807, 2.05) is 0 Å². The Bertz CT molecular complexity index is 204. The van der Waals surface area contributed by atoms with Gasteiger partial charge in [-0.3, -0.25) is 4.79 Å². The summed E-state index contributed by atoms with van der Waals surface area (Å²) < 4.78 is 0. The third kappa shape index (κ3) is 3.25. The standard InChI is InChI=1S/C8H12N2O/c1-3-4-7(5-6-9)8(11)10-2/h3-6H,1,9H2,2H3,(H,10,11)/b6-5-,7-4+. The molecule has 0 saturated heterocycles. The van der Waals surface area contributed by atoms with Crippen molar-refractivity contribution in [3.8, 4) is 0 Å². The molecule has 0 bridgehead atoms. The molecule has 0 heterocycles. The number of hydrogen-bond acceptors (Lipinski definition) is 2. The molecule has 3 nitrogen and oxygen atoms in total. The van der Waals surface area contributed by atoms with Gasteiger partial charge in [0.2, 0.25) is 0 Å². The van der Waals surface area contributed by atoms with Gasteiger partial charge < -0.3 is 11.1 Å². The van der Waals surface area contributed by atoms with Crippen LogP contribution in [0.5, 0.6) is 0 Å². The normalized spacial score (nSPS) is 11.5. The van der Waals surface area contributed by atoms with Gasteiger partial charge in [0.15, 0.2) is 0 Å². The summed E-state index contributed by atoms with van der Waals surface area (Å²) in [6, 6.07) is 0. The average molecular weight is 152 g/mol. The van der Waals surface area contributed by atoms with Gasteiger partial charge in [-0.05, 0) is 18.4 Å². The molecule has 0 spiro atoms. The molecule has 0 aliphatic carbocycles. The molecular formula is C8H12N2O. The first-order valence-corrected chi connectivity index (χ1v) is 3.19. The van der Waals surface area contributed by atoms with Gasteiger partial charge in [0.05, 0.1) is 0 Å². The first-order valence-electron chi connectivity index (χ1n) is 3.19. The highest BCUT2D eigenvalue weighted by Gasteiger charge is 1.99. The second-order valence-electron chi connectivity index (χ2n) is 1.80. The van der Waals surface area contributed by atoms with Crippen molar-refractivity contribution in [2.75, 3.05) is 7.05 Å². The summed E-state index contributed by atoms with van der Waals surface area (Å²) in [7, 11) is 1.56. The van der Waals surface area contributed by atoms with E-state index in [4.69, 9.17) is 5.73 Å². The summed E-state index contributed by atoms with van der Waals surface area (Å²) in [5, 5.41) is 2.47. The van der Waals surface area contributed by atoms with E-state index >= 15 is 0 Å². The molecule has 11 heavy (non-hydrogen) atoms. The molecule has 3 heteroatoms. The predicted octanol–water partition coefficient (Wildman–Crippen LogP) is 0.317. The maximum absolute atomic E-state index is 11.0. The van der Waals surface area contributed by atoms with Gasteiger partial charge >= 0.3 is 0 Å². The lowest BCUT2D eigenvalue weighted by Gasteiger charge is -1.97. The van der Waals surface area contributed by atoms with Crippen molar-refractivity contribution in [1.29, 1.82) is 0 Å². The van der Waals surface area contributed by atoms with Crippen LogP contribution in [-0.2, 0) is 4.79 Å². The van der Waals surface area contributed by atoms with E-state index in [-0.39, 0.29) is 5.91 Å². The lowest BCUT2D eigenvalue weighted by molar-refractivity contribution is -0.116.